The van der Waals surface area contributed by atoms with Gasteiger partial charge < -0.3 is 14.8 Å². The molecule has 1 atom stereocenters. The SMILES string of the molecule is COc1ccc(-c2n[nH]c(=O)c3c2[C@@H](c2ccc(C(C)C)cc2)n2nnnc2N3)cc1OC. The number of H-pyrrole nitrogens is 1. The number of aromatic nitrogens is 6. The van der Waals surface area contributed by atoms with Crippen LogP contribution >= 0.6 is 0 Å². The lowest BCUT2D eigenvalue weighted by Crippen LogP contribution is -2.29. The summed E-state index contributed by atoms with van der Waals surface area (Å²) in [4.78, 5) is 12.8. The standard InChI is InChI=1S/C23H23N7O3/c1-12(2)13-5-7-14(8-6-13)21-18-19(15-9-10-16(32-3)17(11-15)33-4)25-26-22(31)20(18)24-23-27-28-29-30(21)23/h5-12,21H,1-4H3,(H,26,31)(H,24,27,29)/t21-/m1/s1. The number of fused-ring (bicyclic) bond motifs is 2. The highest BCUT2D eigenvalue weighted by molar-refractivity contribution is 5.76. The van der Waals surface area contributed by atoms with Gasteiger partial charge in [0.2, 0.25) is 5.95 Å². The molecular weight excluding hydrogens is 422 g/mol. The van der Waals surface area contributed by atoms with Crippen molar-refractivity contribution in [2.24, 2.45) is 0 Å². The molecule has 0 amide bonds. The fourth-order valence-electron chi connectivity index (χ4n) is 4.11. The summed E-state index contributed by atoms with van der Waals surface area (Å²) >= 11 is 0. The van der Waals surface area contributed by atoms with Crippen molar-refractivity contribution in [3.63, 3.8) is 0 Å². The highest BCUT2D eigenvalue weighted by Crippen LogP contribution is 2.42. The molecule has 1 aliphatic heterocycles. The lowest BCUT2D eigenvalue weighted by molar-refractivity contribution is 0.355. The highest BCUT2D eigenvalue weighted by Gasteiger charge is 2.34. The second-order valence-corrected chi connectivity index (χ2v) is 8.06. The molecule has 10 nitrogen and oxygen atoms in total. The normalized spacial score (nSPS) is 14.4. The molecule has 2 aromatic heterocycles. The summed E-state index contributed by atoms with van der Waals surface area (Å²) in [5.74, 6) is 1.94. The van der Waals surface area contributed by atoms with E-state index in [4.69, 9.17) is 9.47 Å². The maximum atomic E-state index is 12.8. The molecule has 0 spiro atoms. The zero-order chi connectivity index (χ0) is 23.1. The maximum Gasteiger partial charge on any atom is 0.288 e. The van der Waals surface area contributed by atoms with Gasteiger partial charge in [-0.15, -0.1) is 0 Å². The van der Waals surface area contributed by atoms with Crippen LogP contribution in [0.2, 0.25) is 0 Å². The van der Waals surface area contributed by atoms with E-state index >= 15 is 0 Å². The molecule has 0 radical (unpaired) electrons. The van der Waals surface area contributed by atoms with E-state index in [2.05, 4.69) is 57.0 Å². The maximum absolute atomic E-state index is 12.8. The molecule has 2 N–H and O–H groups in total. The van der Waals surface area contributed by atoms with E-state index in [1.165, 1.54) is 5.56 Å². The largest absolute Gasteiger partial charge is 0.493 e. The summed E-state index contributed by atoms with van der Waals surface area (Å²) in [5.41, 5.74) is 4.16. The van der Waals surface area contributed by atoms with Gasteiger partial charge in [0.1, 0.15) is 11.7 Å². The topological polar surface area (TPSA) is 120 Å². The van der Waals surface area contributed by atoms with Gasteiger partial charge >= 0.3 is 0 Å². The van der Waals surface area contributed by atoms with E-state index in [0.717, 1.165) is 11.1 Å². The Balaban J connectivity index is 1.75. The van der Waals surface area contributed by atoms with Crippen LogP contribution in [-0.2, 0) is 0 Å². The smallest absolute Gasteiger partial charge is 0.288 e. The van der Waals surface area contributed by atoms with E-state index in [-0.39, 0.29) is 5.56 Å². The predicted molar refractivity (Wildman–Crippen MR) is 122 cm³/mol. The summed E-state index contributed by atoms with van der Waals surface area (Å²) in [6.45, 7) is 4.29. The molecule has 0 saturated heterocycles. The van der Waals surface area contributed by atoms with Gasteiger partial charge in [0.25, 0.3) is 5.56 Å². The molecule has 33 heavy (non-hydrogen) atoms. The quantitative estimate of drug-likeness (QED) is 0.423. The summed E-state index contributed by atoms with van der Waals surface area (Å²) in [6.07, 6.45) is 0. The van der Waals surface area contributed by atoms with Crippen molar-refractivity contribution in [1.29, 1.82) is 0 Å². The van der Waals surface area contributed by atoms with E-state index in [9.17, 15) is 4.79 Å². The Bertz CT molecular complexity index is 1380. The predicted octanol–water partition coefficient (Wildman–Crippen LogP) is 3.26. The number of aromatic amines is 1. The Hall–Kier alpha value is -4.21. The number of anilines is 2. The van der Waals surface area contributed by atoms with Crippen molar-refractivity contribution >= 4 is 11.6 Å². The zero-order valence-corrected chi connectivity index (χ0v) is 18.7. The molecule has 4 aromatic rings. The molecule has 168 valence electrons. The Morgan fingerprint density at radius 2 is 1.79 bits per heavy atom. The summed E-state index contributed by atoms with van der Waals surface area (Å²) in [7, 11) is 3.16. The Kier molecular flexibility index (Phi) is 5.04. The number of hydrogen-bond acceptors (Lipinski definition) is 8. The number of methoxy groups -OCH3 is 2. The molecule has 1 aliphatic rings. The third-order valence-electron chi connectivity index (χ3n) is 5.84. The van der Waals surface area contributed by atoms with Crippen LogP contribution in [0, 0.1) is 0 Å². The second-order valence-electron chi connectivity index (χ2n) is 8.06. The van der Waals surface area contributed by atoms with Crippen molar-refractivity contribution in [2.45, 2.75) is 25.8 Å². The van der Waals surface area contributed by atoms with Crippen LogP contribution in [0.4, 0.5) is 11.6 Å². The molecular formula is C23H23N7O3. The summed E-state index contributed by atoms with van der Waals surface area (Å²) < 4.78 is 12.5. The average Bonchev–Trinajstić information content (AvgIpc) is 3.31. The Morgan fingerprint density at radius 1 is 1.03 bits per heavy atom. The van der Waals surface area contributed by atoms with E-state index < -0.39 is 6.04 Å². The highest BCUT2D eigenvalue weighted by atomic mass is 16.5. The summed E-state index contributed by atoms with van der Waals surface area (Å²) in [5, 5.41) is 22.2. The second kappa shape index (κ2) is 8.05. The average molecular weight is 445 g/mol. The Morgan fingerprint density at radius 3 is 2.48 bits per heavy atom. The summed E-state index contributed by atoms with van der Waals surface area (Å²) in [6, 6.07) is 13.3. The molecule has 0 unspecified atom stereocenters. The molecule has 5 rings (SSSR count). The van der Waals surface area contributed by atoms with Crippen molar-refractivity contribution in [3.05, 3.63) is 69.5 Å². The molecule has 0 aliphatic carbocycles. The van der Waals surface area contributed by atoms with Gasteiger partial charge in [0, 0.05) is 11.1 Å². The first-order valence-corrected chi connectivity index (χ1v) is 10.5. The lowest BCUT2D eigenvalue weighted by Gasteiger charge is -2.28. The molecule has 0 fully saturated rings. The van der Waals surface area contributed by atoms with Crippen LogP contribution in [0.3, 0.4) is 0 Å². The van der Waals surface area contributed by atoms with E-state index in [1.54, 1.807) is 25.0 Å². The molecule has 0 bridgehead atoms. The first kappa shape index (κ1) is 20.7. The fraction of sp³-hybridized carbons (Fsp3) is 0.261. The molecule has 10 heteroatoms. The number of nitrogens with one attached hydrogen (secondary N) is 2. The lowest BCUT2D eigenvalue weighted by atomic mass is 9.91. The van der Waals surface area contributed by atoms with Gasteiger partial charge in [0.15, 0.2) is 11.5 Å². The third-order valence-corrected chi connectivity index (χ3v) is 5.84. The Labute approximate surface area is 189 Å². The van der Waals surface area contributed by atoms with Crippen LogP contribution in [-0.4, -0.2) is 44.6 Å². The van der Waals surface area contributed by atoms with Crippen molar-refractivity contribution in [3.8, 4) is 22.8 Å². The minimum atomic E-state index is -0.453. The number of nitrogens with zero attached hydrogens (tertiary/aromatic N) is 5. The van der Waals surface area contributed by atoms with Crippen LogP contribution in [0.25, 0.3) is 11.3 Å². The van der Waals surface area contributed by atoms with Crippen LogP contribution in [0.1, 0.15) is 42.5 Å². The minimum absolute atomic E-state index is 0.354. The van der Waals surface area contributed by atoms with Gasteiger partial charge in [-0.1, -0.05) is 43.2 Å². The van der Waals surface area contributed by atoms with Crippen LogP contribution in [0.5, 0.6) is 11.5 Å². The molecule has 3 heterocycles. The van der Waals surface area contributed by atoms with Gasteiger partial charge in [-0.25, -0.2) is 5.10 Å². The number of ether oxygens (including phenoxy) is 2. The van der Waals surface area contributed by atoms with Gasteiger partial charge in [0.05, 0.1) is 19.9 Å². The van der Waals surface area contributed by atoms with Gasteiger partial charge in [-0.2, -0.15) is 9.78 Å². The monoisotopic (exact) mass is 445 g/mol. The first-order chi connectivity index (χ1) is 16.0. The molecule has 2 aromatic carbocycles. The fourth-order valence-corrected chi connectivity index (χ4v) is 4.11. The van der Waals surface area contributed by atoms with Crippen molar-refractivity contribution < 1.29 is 9.47 Å². The number of rotatable bonds is 5. The minimum Gasteiger partial charge on any atom is -0.493 e. The van der Waals surface area contributed by atoms with Crippen molar-refractivity contribution in [1.82, 2.24) is 30.4 Å². The van der Waals surface area contributed by atoms with Crippen LogP contribution in [0.15, 0.2) is 47.3 Å². The van der Waals surface area contributed by atoms with Gasteiger partial charge in [-0.05, 0) is 45.7 Å². The first-order valence-electron chi connectivity index (χ1n) is 10.5. The van der Waals surface area contributed by atoms with E-state index in [1.807, 2.05) is 24.3 Å². The zero-order valence-electron chi connectivity index (χ0n) is 18.7. The van der Waals surface area contributed by atoms with Crippen molar-refractivity contribution in [2.75, 3.05) is 19.5 Å². The van der Waals surface area contributed by atoms with Gasteiger partial charge in [-0.3, -0.25) is 4.79 Å². The number of tetrazole rings is 1. The van der Waals surface area contributed by atoms with E-state index in [0.29, 0.717) is 40.3 Å². The number of hydrogen-bond donors (Lipinski definition) is 2. The molecule has 0 saturated carbocycles. The van der Waals surface area contributed by atoms with Crippen LogP contribution < -0.4 is 20.3 Å². The number of benzene rings is 2. The third kappa shape index (κ3) is 3.39.